The van der Waals surface area contributed by atoms with E-state index in [-0.39, 0.29) is 29.5 Å². The van der Waals surface area contributed by atoms with Crippen LogP contribution in [0.25, 0.3) is 5.69 Å². The molecule has 1 fully saturated rings. The standard InChI is InChI=1S/C24H30ClF2N7O4S/c1-12(2)38-20(22-28-8-15(25)9-29-22)14(4)39(35,36)10-18-32-33-23(17-7-6-16(17)21(26)27)34(18)19-13(3)30-11-31-24(19)37-5/h8-9,11-12,14,16-17,20-21H,6-7,10H2,1-5H3/t14-,16-,17+,20+/m0/s1. The van der Waals surface area contributed by atoms with Gasteiger partial charge in [0.1, 0.15) is 29.7 Å². The van der Waals surface area contributed by atoms with Crippen LogP contribution in [0.3, 0.4) is 0 Å². The summed E-state index contributed by atoms with van der Waals surface area (Å²) >= 11 is 5.92. The summed E-state index contributed by atoms with van der Waals surface area (Å²) in [5, 5.41) is 7.56. The summed E-state index contributed by atoms with van der Waals surface area (Å²) in [4.78, 5) is 16.7. The Bertz CT molecular complexity index is 1410. The van der Waals surface area contributed by atoms with Crippen LogP contribution in [0, 0.1) is 12.8 Å². The van der Waals surface area contributed by atoms with E-state index in [9.17, 15) is 17.2 Å². The molecule has 3 aromatic heterocycles. The molecule has 1 aliphatic carbocycles. The molecular formula is C24H30ClF2N7O4S. The van der Waals surface area contributed by atoms with Gasteiger partial charge in [0.25, 0.3) is 0 Å². The lowest BCUT2D eigenvalue weighted by Gasteiger charge is -2.35. The molecule has 0 aromatic carbocycles. The van der Waals surface area contributed by atoms with Crippen LogP contribution in [0.15, 0.2) is 18.7 Å². The van der Waals surface area contributed by atoms with Crippen molar-refractivity contribution >= 4 is 21.4 Å². The normalized spacial score (nSPS) is 19.2. The van der Waals surface area contributed by atoms with E-state index in [1.165, 1.54) is 37.3 Å². The summed E-state index contributed by atoms with van der Waals surface area (Å²) in [6, 6.07) is 0. The second-order valence-corrected chi connectivity index (χ2v) is 12.5. The van der Waals surface area contributed by atoms with E-state index < -0.39 is 45.2 Å². The van der Waals surface area contributed by atoms with Crippen molar-refractivity contribution in [3.63, 3.8) is 0 Å². The first kappa shape index (κ1) is 29.2. The van der Waals surface area contributed by atoms with Gasteiger partial charge in [-0.1, -0.05) is 11.6 Å². The van der Waals surface area contributed by atoms with Gasteiger partial charge in [-0.2, -0.15) is 4.98 Å². The fourth-order valence-corrected chi connectivity index (χ4v) is 6.02. The van der Waals surface area contributed by atoms with E-state index in [1.54, 1.807) is 20.8 Å². The van der Waals surface area contributed by atoms with Crippen molar-refractivity contribution in [1.82, 2.24) is 34.7 Å². The number of sulfone groups is 1. The van der Waals surface area contributed by atoms with Crippen molar-refractivity contribution in [2.75, 3.05) is 7.11 Å². The van der Waals surface area contributed by atoms with Gasteiger partial charge in [-0.3, -0.25) is 4.57 Å². The fraction of sp³-hybridized carbons (Fsp3) is 0.583. The van der Waals surface area contributed by atoms with Crippen molar-refractivity contribution in [2.24, 2.45) is 5.92 Å². The van der Waals surface area contributed by atoms with E-state index >= 15 is 0 Å². The van der Waals surface area contributed by atoms with E-state index in [1.807, 2.05) is 0 Å². The summed E-state index contributed by atoms with van der Waals surface area (Å²) in [6.07, 6.45) is 0.932. The molecule has 212 valence electrons. The number of aryl methyl sites for hydroxylation is 1. The first-order valence-corrected chi connectivity index (χ1v) is 14.5. The Labute approximate surface area is 230 Å². The van der Waals surface area contributed by atoms with Crippen LogP contribution in [0.5, 0.6) is 5.88 Å². The predicted molar refractivity (Wildman–Crippen MR) is 138 cm³/mol. The molecule has 11 nitrogen and oxygen atoms in total. The van der Waals surface area contributed by atoms with E-state index in [2.05, 4.69) is 30.1 Å². The highest BCUT2D eigenvalue weighted by Crippen LogP contribution is 2.46. The molecule has 0 unspecified atom stereocenters. The Morgan fingerprint density at radius 1 is 1.10 bits per heavy atom. The lowest BCUT2D eigenvalue weighted by Crippen LogP contribution is -2.33. The summed E-state index contributed by atoms with van der Waals surface area (Å²) in [5.74, 6) is -1.57. The smallest absolute Gasteiger partial charge is 0.242 e. The zero-order chi connectivity index (χ0) is 28.5. The first-order chi connectivity index (χ1) is 18.4. The Morgan fingerprint density at radius 3 is 2.36 bits per heavy atom. The van der Waals surface area contributed by atoms with Crippen LogP contribution in [-0.4, -0.2) is 68.0 Å². The Morgan fingerprint density at radius 2 is 1.79 bits per heavy atom. The average molecular weight is 586 g/mol. The molecule has 0 aliphatic heterocycles. The maximum Gasteiger partial charge on any atom is 0.242 e. The molecule has 4 atom stereocenters. The van der Waals surface area contributed by atoms with Gasteiger partial charge in [0.05, 0.1) is 29.2 Å². The fourth-order valence-electron chi connectivity index (χ4n) is 4.55. The lowest BCUT2D eigenvalue weighted by atomic mass is 9.73. The van der Waals surface area contributed by atoms with Crippen LogP contribution >= 0.6 is 11.6 Å². The molecule has 0 saturated heterocycles. The van der Waals surface area contributed by atoms with Crippen LogP contribution in [0.4, 0.5) is 8.78 Å². The van der Waals surface area contributed by atoms with E-state index in [0.717, 1.165) is 0 Å². The highest BCUT2D eigenvalue weighted by atomic mass is 35.5. The minimum absolute atomic E-state index is 0.0216. The van der Waals surface area contributed by atoms with Gasteiger partial charge in [0, 0.05) is 24.2 Å². The van der Waals surface area contributed by atoms with E-state index in [0.29, 0.717) is 29.2 Å². The summed E-state index contributed by atoms with van der Waals surface area (Å²) in [5.41, 5.74) is 0.742. The minimum Gasteiger partial charge on any atom is -0.479 e. The highest BCUT2D eigenvalue weighted by molar-refractivity contribution is 7.91. The number of aromatic nitrogens is 7. The molecular weight excluding hydrogens is 556 g/mol. The topological polar surface area (TPSA) is 135 Å². The Balaban J connectivity index is 1.78. The third-order valence-corrected chi connectivity index (χ3v) is 9.00. The largest absolute Gasteiger partial charge is 0.479 e. The molecule has 3 heterocycles. The highest BCUT2D eigenvalue weighted by Gasteiger charge is 2.43. The van der Waals surface area contributed by atoms with Crippen LogP contribution < -0.4 is 4.74 Å². The number of halogens is 3. The molecule has 0 bridgehead atoms. The number of methoxy groups -OCH3 is 1. The van der Waals surface area contributed by atoms with Gasteiger partial charge in [0.2, 0.25) is 12.3 Å². The molecule has 3 aromatic rings. The zero-order valence-corrected chi connectivity index (χ0v) is 23.7. The molecule has 15 heteroatoms. The monoisotopic (exact) mass is 585 g/mol. The molecule has 0 amide bonds. The summed E-state index contributed by atoms with van der Waals surface area (Å²) in [6.45, 7) is 6.72. The lowest BCUT2D eigenvalue weighted by molar-refractivity contribution is 0.00141. The zero-order valence-electron chi connectivity index (χ0n) is 22.1. The van der Waals surface area contributed by atoms with Crippen molar-refractivity contribution in [3.8, 4) is 11.6 Å². The maximum atomic E-state index is 13.8. The number of hydrogen-bond donors (Lipinski definition) is 0. The molecule has 1 saturated carbocycles. The average Bonchev–Trinajstić information content (AvgIpc) is 3.22. The van der Waals surface area contributed by atoms with Gasteiger partial charge in [-0.15, -0.1) is 10.2 Å². The molecule has 39 heavy (non-hydrogen) atoms. The molecule has 0 radical (unpaired) electrons. The number of rotatable bonds is 11. The second-order valence-electron chi connectivity index (χ2n) is 9.69. The number of hydrogen-bond acceptors (Lipinski definition) is 10. The van der Waals surface area contributed by atoms with Gasteiger partial charge < -0.3 is 9.47 Å². The third-order valence-electron chi connectivity index (χ3n) is 6.76. The summed E-state index contributed by atoms with van der Waals surface area (Å²) < 4.78 is 67.8. The maximum absolute atomic E-state index is 13.8. The van der Waals surface area contributed by atoms with Crippen LogP contribution in [-0.2, 0) is 20.3 Å². The van der Waals surface area contributed by atoms with Crippen LogP contribution in [0.1, 0.15) is 68.8 Å². The first-order valence-electron chi connectivity index (χ1n) is 12.4. The third kappa shape index (κ3) is 6.02. The molecule has 4 rings (SSSR count). The minimum atomic E-state index is -4.00. The molecule has 1 aliphatic rings. The van der Waals surface area contributed by atoms with Crippen molar-refractivity contribution in [3.05, 3.63) is 46.9 Å². The predicted octanol–water partition coefficient (Wildman–Crippen LogP) is 4.05. The van der Waals surface area contributed by atoms with E-state index in [4.69, 9.17) is 21.1 Å². The Kier molecular flexibility index (Phi) is 8.76. The number of ether oxygens (including phenoxy) is 2. The van der Waals surface area contributed by atoms with Gasteiger partial charge in [-0.25, -0.2) is 32.2 Å². The van der Waals surface area contributed by atoms with Gasteiger partial charge in [0.15, 0.2) is 21.5 Å². The van der Waals surface area contributed by atoms with Crippen molar-refractivity contribution in [2.45, 2.75) is 76.1 Å². The quantitative estimate of drug-likeness (QED) is 0.324. The molecule has 0 spiro atoms. The van der Waals surface area contributed by atoms with Crippen molar-refractivity contribution < 1.29 is 26.7 Å². The second kappa shape index (κ2) is 11.7. The van der Waals surface area contributed by atoms with Gasteiger partial charge >= 0.3 is 0 Å². The number of alkyl halides is 2. The van der Waals surface area contributed by atoms with Crippen molar-refractivity contribution in [1.29, 1.82) is 0 Å². The van der Waals surface area contributed by atoms with Crippen LogP contribution in [0.2, 0.25) is 5.02 Å². The SMILES string of the molecule is COc1ncnc(C)c1-n1c(CS(=O)(=O)[C@@H](C)[C@@H](OC(C)C)c2ncc(Cl)cn2)nnc1[C@@H]1CC[C@@H]1C(F)F. The number of nitrogens with zero attached hydrogens (tertiary/aromatic N) is 7. The Hall–Kier alpha value is -2.84. The van der Waals surface area contributed by atoms with Gasteiger partial charge in [-0.05, 0) is 40.5 Å². The summed E-state index contributed by atoms with van der Waals surface area (Å²) in [7, 11) is -2.60. The molecule has 0 N–H and O–H groups in total.